The molecule has 0 aromatic rings. The molecule has 5 fully saturated rings. The molecule has 5 rings (SSSR count). The Morgan fingerprint density at radius 1 is 1.04 bits per heavy atom. The minimum Gasteiger partial charge on any atom is -0.362 e. The van der Waals surface area contributed by atoms with E-state index in [9.17, 15) is 0 Å². The average Bonchev–Trinajstić information content (AvgIpc) is 3.19. The van der Waals surface area contributed by atoms with Gasteiger partial charge in [0.15, 0.2) is 5.79 Å². The van der Waals surface area contributed by atoms with Gasteiger partial charge in [-0.1, -0.05) is 27.2 Å². The van der Waals surface area contributed by atoms with Gasteiger partial charge in [0.2, 0.25) is 0 Å². The molecule has 148 valence electrons. The molecule has 3 saturated carbocycles. The zero-order valence-electron chi connectivity index (χ0n) is 17.6. The summed E-state index contributed by atoms with van der Waals surface area (Å²) in [6.45, 7) is 14.9. The van der Waals surface area contributed by atoms with Crippen molar-refractivity contribution in [2.24, 2.45) is 41.4 Å². The third-order valence-corrected chi connectivity index (χ3v) is 9.14. The Labute approximate surface area is 159 Å². The first-order valence-corrected chi connectivity index (χ1v) is 11.2. The molecule has 3 nitrogen and oxygen atoms in total. The average molecular weight is 363 g/mol. The zero-order valence-corrected chi connectivity index (χ0v) is 17.6. The summed E-state index contributed by atoms with van der Waals surface area (Å²) in [6.07, 6.45) is 6.86. The Kier molecular flexibility index (Phi) is 3.78. The van der Waals surface area contributed by atoms with Gasteiger partial charge < -0.3 is 14.2 Å². The number of ether oxygens (including phenoxy) is 3. The van der Waals surface area contributed by atoms with Crippen LogP contribution in [0.4, 0.5) is 0 Å². The maximum absolute atomic E-state index is 6.85. The molecule has 2 aliphatic heterocycles. The van der Waals surface area contributed by atoms with Crippen molar-refractivity contribution in [2.75, 3.05) is 6.61 Å². The maximum Gasteiger partial charge on any atom is 0.163 e. The molecule has 0 aromatic heterocycles. The van der Waals surface area contributed by atoms with E-state index in [1.807, 2.05) is 0 Å². The van der Waals surface area contributed by atoms with Gasteiger partial charge in [0.1, 0.15) is 5.60 Å². The normalized spacial score (nSPS) is 57.6. The molecule has 4 bridgehead atoms. The molecule has 0 aromatic carbocycles. The van der Waals surface area contributed by atoms with Crippen LogP contribution in [-0.2, 0) is 14.2 Å². The van der Waals surface area contributed by atoms with Gasteiger partial charge >= 0.3 is 0 Å². The van der Waals surface area contributed by atoms with E-state index in [0.29, 0.717) is 23.9 Å². The van der Waals surface area contributed by atoms with Gasteiger partial charge in [0, 0.05) is 11.8 Å². The second-order valence-corrected chi connectivity index (χ2v) is 11.2. The fraction of sp³-hybridized carbons (Fsp3) is 1.00. The van der Waals surface area contributed by atoms with E-state index in [0.717, 1.165) is 30.3 Å². The van der Waals surface area contributed by atoms with Crippen LogP contribution in [0.1, 0.15) is 73.6 Å². The van der Waals surface area contributed by atoms with Crippen molar-refractivity contribution in [3.8, 4) is 0 Å². The smallest absolute Gasteiger partial charge is 0.163 e. The highest BCUT2D eigenvalue weighted by atomic mass is 16.7. The molecule has 3 aliphatic carbocycles. The van der Waals surface area contributed by atoms with Crippen LogP contribution in [0, 0.1) is 41.4 Å². The van der Waals surface area contributed by atoms with Crippen molar-refractivity contribution in [1.82, 2.24) is 0 Å². The number of hydrogen-bond donors (Lipinski definition) is 0. The Morgan fingerprint density at radius 2 is 1.81 bits per heavy atom. The summed E-state index contributed by atoms with van der Waals surface area (Å²) in [6, 6.07) is 0. The molecule has 2 heterocycles. The highest BCUT2D eigenvalue weighted by Gasteiger charge is 2.81. The van der Waals surface area contributed by atoms with Crippen LogP contribution < -0.4 is 0 Å². The van der Waals surface area contributed by atoms with E-state index >= 15 is 0 Å². The summed E-state index contributed by atoms with van der Waals surface area (Å²) in [7, 11) is 0. The molecule has 2 saturated heterocycles. The minimum atomic E-state index is -0.451. The first-order valence-electron chi connectivity index (χ1n) is 11.2. The summed E-state index contributed by atoms with van der Waals surface area (Å²) >= 11 is 0. The molecule has 0 amide bonds. The number of rotatable bonds is 1. The lowest BCUT2D eigenvalue weighted by atomic mass is 9.47. The Hall–Kier alpha value is -0.120. The molecule has 0 radical (unpaired) electrons. The van der Waals surface area contributed by atoms with Crippen molar-refractivity contribution < 1.29 is 14.2 Å². The second-order valence-electron chi connectivity index (χ2n) is 11.2. The summed E-state index contributed by atoms with van der Waals surface area (Å²) < 4.78 is 19.7. The minimum absolute atomic E-state index is 0.0775. The van der Waals surface area contributed by atoms with Gasteiger partial charge in [0.25, 0.3) is 0 Å². The number of fused-ring (bicyclic) bond motifs is 1. The van der Waals surface area contributed by atoms with Crippen LogP contribution in [0.5, 0.6) is 0 Å². The number of hydrogen-bond acceptors (Lipinski definition) is 3. The standard InChI is InChI=1S/C23H38O3/c1-13(2)16-8-7-14(3)17-9-10-22(6)23(26-22)18(16)11-15-12-24-21(4,5)25-20(15)19(17)23/h13-20H,7-12H2,1-6H3/t14-,15+,16-,17+,18+,19+,20-,22-,23+/m1/s1. The van der Waals surface area contributed by atoms with Gasteiger partial charge in [-0.2, -0.15) is 0 Å². The topological polar surface area (TPSA) is 31.0 Å². The lowest BCUT2D eigenvalue weighted by Gasteiger charge is -2.59. The highest BCUT2D eigenvalue weighted by Crippen LogP contribution is 2.73. The zero-order chi connectivity index (χ0) is 18.5. The van der Waals surface area contributed by atoms with Gasteiger partial charge in [-0.3, -0.25) is 0 Å². The molecule has 3 heteroatoms. The summed E-state index contributed by atoms with van der Waals surface area (Å²) in [5, 5.41) is 0. The van der Waals surface area contributed by atoms with Crippen molar-refractivity contribution in [2.45, 2.75) is 96.7 Å². The number of epoxide rings is 1. The van der Waals surface area contributed by atoms with Crippen molar-refractivity contribution in [3.05, 3.63) is 0 Å². The Balaban J connectivity index is 1.62. The van der Waals surface area contributed by atoms with Crippen LogP contribution in [-0.4, -0.2) is 29.7 Å². The third kappa shape index (κ3) is 2.23. The van der Waals surface area contributed by atoms with Gasteiger partial charge in [-0.25, -0.2) is 0 Å². The monoisotopic (exact) mass is 362 g/mol. The van der Waals surface area contributed by atoms with E-state index < -0.39 is 5.79 Å². The first kappa shape index (κ1) is 17.9. The van der Waals surface area contributed by atoms with Crippen LogP contribution in [0.2, 0.25) is 0 Å². The largest absolute Gasteiger partial charge is 0.362 e. The van der Waals surface area contributed by atoms with Crippen molar-refractivity contribution in [1.29, 1.82) is 0 Å². The SMILES string of the molecule is CC(C)[C@H]1CC[C@@H](C)[C@@H]2CC[C@@]3(C)O[C@@]34[C@@H]2[C@@H]2OC(C)(C)OC[C@@H]2C[C@@H]14. The summed E-state index contributed by atoms with van der Waals surface area (Å²) in [5.41, 5.74) is 0.175. The lowest BCUT2D eigenvalue weighted by molar-refractivity contribution is -0.327. The third-order valence-electron chi connectivity index (χ3n) is 9.14. The van der Waals surface area contributed by atoms with E-state index in [1.54, 1.807) is 0 Å². The fourth-order valence-corrected chi connectivity index (χ4v) is 7.89. The van der Waals surface area contributed by atoms with Gasteiger partial charge in [-0.15, -0.1) is 0 Å². The van der Waals surface area contributed by atoms with E-state index in [2.05, 4.69) is 41.5 Å². The molecule has 5 aliphatic rings. The van der Waals surface area contributed by atoms with Crippen LogP contribution in [0.25, 0.3) is 0 Å². The Morgan fingerprint density at radius 3 is 2.54 bits per heavy atom. The van der Waals surface area contributed by atoms with Gasteiger partial charge in [-0.05, 0) is 76.0 Å². The molecular weight excluding hydrogens is 324 g/mol. The van der Waals surface area contributed by atoms with E-state index in [4.69, 9.17) is 14.2 Å². The van der Waals surface area contributed by atoms with Crippen LogP contribution >= 0.6 is 0 Å². The van der Waals surface area contributed by atoms with Crippen molar-refractivity contribution >= 4 is 0 Å². The fourth-order valence-electron chi connectivity index (χ4n) is 7.89. The van der Waals surface area contributed by atoms with Crippen molar-refractivity contribution in [3.63, 3.8) is 0 Å². The lowest BCUT2D eigenvalue weighted by Crippen LogP contribution is -2.65. The predicted molar refractivity (Wildman–Crippen MR) is 102 cm³/mol. The maximum atomic E-state index is 6.85. The molecule has 0 N–H and O–H groups in total. The highest BCUT2D eigenvalue weighted by molar-refractivity contribution is 5.28. The first-order chi connectivity index (χ1) is 12.2. The van der Waals surface area contributed by atoms with Crippen LogP contribution in [0.3, 0.4) is 0 Å². The second kappa shape index (κ2) is 5.48. The Bertz CT molecular complexity index is 586. The molecular formula is C23H38O3. The predicted octanol–water partition coefficient (Wildman–Crippen LogP) is 5.03. The molecule has 0 unspecified atom stereocenters. The molecule has 1 spiro atoms. The van der Waals surface area contributed by atoms with Crippen LogP contribution in [0.15, 0.2) is 0 Å². The van der Waals surface area contributed by atoms with E-state index in [1.165, 1.54) is 32.1 Å². The van der Waals surface area contributed by atoms with Gasteiger partial charge in [0.05, 0.1) is 18.3 Å². The molecule has 26 heavy (non-hydrogen) atoms. The molecule has 9 atom stereocenters. The summed E-state index contributed by atoms with van der Waals surface area (Å²) in [4.78, 5) is 0. The quantitative estimate of drug-likeness (QED) is 0.613. The van der Waals surface area contributed by atoms with E-state index in [-0.39, 0.29) is 11.2 Å². The summed E-state index contributed by atoms with van der Waals surface area (Å²) in [5.74, 6) is 4.37.